The van der Waals surface area contributed by atoms with Crippen molar-refractivity contribution in [2.75, 3.05) is 13.7 Å². The number of halogens is 3. The fraction of sp³-hybridized carbons (Fsp3) is 0.444. The van der Waals surface area contributed by atoms with Crippen molar-refractivity contribution in [1.82, 2.24) is 15.5 Å². The monoisotopic (exact) mass is 517 g/mol. The molecule has 0 radical (unpaired) electrons. The molecule has 1 saturated heterocycles. The van der Waals surface area contributed by atoms with Crippen LogP contribution in [0, 0.1) is 0 Å². The van der Waals surface area contributed by atoms with Crippen molar-refractivity contribution in [2.45, 2.75) is 62.8 Å². The molecule has 2 aromatic rings. The Bertz CT molecular complexity index is 1110. The molecule has 2 N–H and O–H groups in total. The van der Waals surface area contributed by atoms with E-state index in [-0.39, 0.29) is 29.5 Å². The molecule has 2 fully saturated rings. The van der Waals surface area contributed by atoms with Gasteiger partial charge < -0.3 is 20.3 Å². The van der Waals surface area contributed by atoms with Crippen LogP contribution in [0.3, 0.4) is 0 Å². The Balaban J connectivity index is 1.27. The lowest BCUT2D eigenvalue weighted by atomic mass is 9.90. The number of hydrogen-bond acceptors (Lipinski definition) is 4. The number of hydrogen-bond donors (Lipinski definition) is 2. The van der Waals surface area contributed by atoms with E-state index >= 15 is 0 Å². The van der Waals surface area contributed by atoms with Crippen LogP contribution in [-0.2, 0) is 11.0 Å². The topological polar surface area (TPSA) is 87.7 Å². The highest BCUT2D eigenvalue weighted by Crippen LogP contribution is 2.30. The van der Waals surface area contributed by atoms with Crippen LogP contribution in [0.1, 0.15) is 64.8 Å². The molecule has 0 bridgehead atoms. The molecule has 4 rings (SSSR count). The van der Waals surface area contributed by atoms with Crippen molar-refractivity contribution in [3.05, 3.63) is 65.2 Å². The van der Waals surface area contributed by atoms with Gasteiger partial charge in [-0.25, -0.2) is 0 Å². The molecule has 0 aromatic heterocycles. The molecule has 37 heavy (non-hydrogen) atoms. The molecule has 2 aromatic carbocycles. The standard InChI is InChI=1S/C27H30F3N3O4/c1-37-22-14-6-17(7-15-22)24(34)31-20-10-12-21(13-11-20)32-25(35)23-3-2-16-33(23)26(36)18-4-8-19(9-5-18)27(28,29)30/h4-9,14-15,20-21,23H,2-3,10-13,16H2,1H3,(H,31,34)(H,32,35)/t20?,21?,23-/m1/s1. The Labute approximate surface area is 213 Å². The maximum Gasteiger partial charge on any atom is 0.416 e. The maximum atomic E-state index is 13.0. The summed E-state index contributed by atoms with van der Waals surface area (Å²) in [4.78, 5) is 39.9. The first-order valence-corrected chi connectivity index (χ1v) is 12.4. The second kappa shape index (κ2) is 11.2. The number of ether oxygens (including phenoxy) is 1. The van der Waals surface area contributed by atoms with Gasteiger partial charge in [0.2, 0.25) is 5.91 Å². The predicted molar refractivity (Wildman–Crippen MR) is 130 cm³/mol. The fourth-order valence-electron chi connectivity index (χ4n) is 4.94. The third kappa shape index (κ3) is 6.42. The number of benzene rings is 2. The van der Waals surface area contributed by atoms with E-state index in [4.69, 9.17) is 4.74 Å². The predicted octanol–water partition coefficient (Wildman–Crippen LogP) is 4.18. The molecule has 10 heteroatoms. The average Bonchev–Trinajstić information content (AvgIpc) is 3.39. The molecule has 0 spiro atoms. The number of amides is 3. The zero-order valence-electron chi connectivity index (χ0n) is 20.5. The maximum absolute atomic E-state index is 13.0. The molecule has 1 aliphatic carbocycles. The molecular formula is C27H30F3N3O4. The summed E-state index contributed by atoms with van der Waals surface area (Å²) in [6, 6.07) is 10.2. The van der Waals surface area contributed by atoms with Gasteiger partial charge in [0.05, 0.1) is 12.7 Å². The van der Waals surface area contributed by atoms with Gasteiger partial charge >= 0.3 is 6.18 Å². The lowest BCUT2D eigenvalue weighted by Crippen LogP contribution is -2.50. The van der Waals surface area contributed by atoms with Gasteiger partial charge in [0.1, 0.15) is 11.8 Å². The largest absolute Gasteiger partial charge is 0.497 e. The second-order valence-corrected chi connectivity index (χ2v) is 9.49. The zero-order valence-corrected chi connectivity index (χ0v) is 20.5. The minimum absolute atomic E-state index is 0.00646. The van der Waals surface area contributed by atoms with E-state index in [1.807, 2.05) is 0 Å². The van der Waals surface area contributed by atoms with Crippen LogP contribution in [0.2, 0.25) is 0 Å². The van der Waals surface area contributed by atoms with E-state index in [1.165, 1.54) is 4.90 Å². The van der Waals surface area contributed by atoms with Gasteiger partial charge in [0.15, 0.2) is 0 Å². The summed E-state index contributed by atoms with van der Waals surface area (Å²) in [5.74, 6) is -0.173. The molecule has 2 aliphatic rings. The molecule has 198 valence electrons. The van der Waals surface area contributed by atoms with Crippen molar-refractivity contribution in [1.29, 1.82) is 0 Å². The summed E-state index contributed by atoms with van der Waals surface area (Å²) in [6.07, 6.45) is -0.510. The van der Waals surface area contributed by atoms with Gasteiger partial charge in [0.25, 0.3) is 11.8 Å². The lowest BCUT2D eigenvalue weighted by molar-refractivity contribution is -0.137. The number of methoxy groups -OCH3 is 1. The Morgan fingerprint density at radius 3 is 1.97 bits per heavy atom. The van der Waals surface area contributed by atoms with Crippen molar-refractivity contribution in [2.24, 2.45) is 0 Å². The molecule has 1 saturated carbocycles. The number of nitrogens with zero attached hydrogens (tertiary/aromatic N) is 1. The zero-order chi connectivity index (χ0) is 26.6. The molecule has 0 unspecified atom stereocenters. The van der Waals surface area contributed by atoms with Gasteiger partial charge in [-0.15, -0.1) is 0 Å². The first kappa shape index (κ1) is 26.5. The first-order chi connectivity index (χ1) is 17.7. The molecule has 1 heterocycles. The van der Waals surface area contributed by atoms with E-state index in [0.717, 1.165) is 24.3 Å². The van der Waals surface area contributed by atoms with Gasteiger partial charge in [-0.2, -0.15) is 13.2 Å². The van der Waals surface area contributed by atoms with Crippen molar-refractivity contribution in [3.8, 4) is 5.75 Å². The highest BCUT2D eigenvalue weighted by molar-refractivity contribution is 5.98. The van der Waals surface area contributed by atoms with Crippen LogP contribution in [0.5, 0.6) is 5.75 Å². The third-order valence-corrected chi connectivity index (χ3v) is 7.04. The smallest absolute Gasteiger partial charge is 0.416 e. The van der Waals surface area contributed by atoms with Crippen molar-refractivity contribution < 1.29 is 32.3 Å². The minimum atomic E-state index is -4.48. The summed E-state index contributed by atoms with van der Waals surface area (Å²) < 4.78 is 43.6. The lowest BCUT2D eigenvalue weighted by Gasteiger charge is -2.31. The van der Waals surface area contributed by atoms with Crippen LogP contribution in [0.15, 0.2) is 48.5 Å². The van der Waals surface area contributed by atoms with E-state index in [9.17, 15) is 27.6 Å². The first-order valence-electron chi connectivity index (χ1n) is 12.4. The molecule has 3 amide bonds. The number of carbonyl (C=O) groups is 3. The van der Waals surface area contributed by atoms with E-state index in [1.54, 1.807) is 31.4 Å². The number of rotatable bonds is 6. The van der Waals surface area contributed by atoms with Crippen LogP contribution in [0.25, 0.3) is 0 Å². The normalized spacial score (nSPS) is 21.8. The van der Waals surface area contributed by atoms with Crippen molar-refractivity contribution >= 4 is 17.7 Å². The Hall–Kier alpha value is -3.56. The summed E-state index contributed by atoms with van der Waals surface area (Å²) in [7, 11) is 1.56. The van der Waals surface area contributed by atoms with Crippen LogP contribution < -0.4 is 15.4 Å². The van der Waals surface area contributed by atoms with Gasteiger partial charge in [-0.3, -0.25) is 14.4 Å². The Morgan fingerprint density at radius 2 is 1.41 bits per heavy atom. The number of nitrogens with one attached hydrogen (secondary N) is 2. The van der Waals surface area contributed by atoms with Crippen molar-refractivity contribution in [3.63, 3.8) is 0 Å². The van der Waals surface area contributed by atoms with Gasteiger partial charge in [0, 0.05) is 29.8 Å². The third-order valence-electron chi connectivity index (χ3n) is 7.04. The molecule has 1 aliphatic heterocycles. The van der Waals surface area contributed by atoms with E-state index < -0.39 is 23.7 Å². The summed E-state index contributed by atoms with van der Waals surface area (Å²) in [5, 5.41) is 6.08. The van der Waals surface area contributed by atoms with E-state index in [2.05, 4.69) is 10.6 Å². The quantitative estimate of drug-likeness (QED) is 0.602. The molecule has 1 atom stereocenters. The fourth-order valence-corrected chi connectivity index (χ4v) is 4.94. The molecule has 7 nitrogen and oxygen atoms in total. The second-order valence-electron chi connectivity index (χ2n) is 9.49. The summed E-state index contributed by atoms with van der Waals surface area (Å²) >= 11 is 0. The van der Waals surface area contributed by atoms with Crippen LogP contribution in [-0.4, -0.2) is 54.4 Å². The van der Waals surface area contributed by atoms with E-state index in [0.29, 0.717) is 56.4 Å². The highest BCUT2D eigenvalue weighted by Gasteiger charge is 2.36. The number of likely N-dealkylation sites (tertiary alicyclic amines) is 1. The van der Waals surface area contributed by atoms with Crippen LogP contribution >= 0.6 is 0 Å². The number of alkyl halides is 3. The van der Waals surface area contributed by atoms with Crippen LogP contribution in [0.4, 0.5) is 13.2 Å². The number of carbonyl (C=O) groups excluding carboxylic acids is 3. The van der Waals surface area contributed by atoms with Gasteiger partial charge in [-0.1, -0.05) is 0 Å². The van der Waals surface area contributed by atoms with Gasteiger partial charge in [-0.05, 0) is 87.1 Å². The summed E-state index contributed by atoms with van der Waals surface area (Å²) in [6.45, 7) is 0.377. The highest BCUT2D eigenvalue weighted by atomic mass is 19.4. The SMILES string of the molecule is COc1ccc(C(=O)NC2CCC(NC(=O)[C@H]3CCCN3C(=O)c3ccc(C(F)(F)F)cc3)CC2)cc1. The minimum Gasteiger partial charge on any atom is -0.497 e. The summed E-state index contributed by atoms with van der Waals surface area (Å²) in [5.41, 5.74) is -0.147. The Kier molecular flexibility index (Phi) is 8.04. The average molecular weight is 518 g/mol. The molecular weight excluding hydrogens is 487 g/mol. The Morgan fingerprint density at radius 1 is 0.838 bits per heavy atom.